The third kappa shape index (κ3) is 3.79. The van der Waals surface area contributed by atoms with Gasteiger partial charge in [-0.1, -0.05) is 65.8 Å². The van der Waals surface area contributed by atoms with Crippen molar-refractivity contribution in [3.8, 4) is 0 Å². The molecule has 2 heterocycles. The molecule has 4 rings (SSSR count). The highest BCUT2D eigenvalue weighted by atomic mass is 35.5. The van der Waals surface area contributed by atoms with Crippen molar-refractivity contribution in [1.29, 1.82) is 0 Å². The topological polar surface area (TPSA) is 71.8 Å². The molecular formula is C19H18ClN5OS. The van der Waals surface area contributed by atoms with Crippen molar-refractivity contribution < 1.29 is 4.79 Å². The van der Waals surface area contributed by atoms with Crippen LogP contribution in [0.4, 0.5) is 0 Å². The average Bonchev–Trinajstić information content (AvgIpc) is 3.07. The van der Waals surface area contributed by atoms with Crippen LogP contribution >= 0.6 is 23.4 Å². The summed E-state index contributed by atoms with van der Waals surface area (Å²) in [5.41, 5.74) is 5.41. The average molecular weight is 400 g/mol. The number of thioether (sulfide) groups is 1. The molecule has 1 amide bonds. The van der Waals surface area contributed by atoms with Gasteiger partial charge in [0.05, 0.1) is 6.04 Å². The Morgan fingerprint density at radius 2 is 1.93 bits per heavy atom. The molecule has 1 aromatic heterocycles. The van der Waals surface area contributed by atoms with E-state index in [-0.39, 0.29) is 17.2 Å². The zero-order chi connectivity index (χ0) is 18.8. The molecule has 27 heavy (non-hydrogen) atoms. The molecule has 2 atom stereocenters. The normalized spacial score (nSPS) is 18.4. The Kier molecular flexibility index (Phi) is 5.05. The number of aromatic nitrogens is 3. The highest BCUT2D eigenvalue weighted by Crippen LogP contribution is 2.37. The standard InChI is InChI=1S/C19H18ClN5OS/c1-12-22-23-19-25(12)24-16(14-7-9-15(20)10-8-14)17(27-19)18(26)21-11-13-5-3-2-4-6-13/h2-10,16-17,24H,11H2,1H3,(H,21,26)/t16-,17-/m0/s1. The van der Waals surface area contributed by atoms with Gasteiger partial charge in [0.25, 0.3) is 0 Å². The Morgan fingerprint density at radius 1 is 1.19 bits per heavy atom. The van der Waals surface area contributed by atoms with Crippen LogP contribution in [0.5, 0.6) is 0 Å². The molecule has 138 valence electrons. The summed E-state index contributed by atoms with van der Waals surface area (Å²) in [5, 5.41) is 12.3. The summed E-state index contributed by atoms with van der Waals surface area (Å²) in [6, 6.07) is 17.1. The minimum Gasteiger partial charge on any atom is -0.351 e. The number of hydrogen-bond acceptors (Lipinski definition) is 5. The third-order valence-corrected chi connectivity index (χ3v) is 5.86. The Balaban J connectivity index is 1.59. The summed E-state index contributed by atoms with van der Waals surface area (Å²) in [7, 11) is 0. The lowest BCUT2D eigenvalue weighted by molar-refractivity contribution is -0.121. The van der Waals surface area contributed by atoms with E-state index < -0.39 is 0 Å². The van der Waals surface area contributed by atoms with E-state index in [4.69, 9.17) is 11.6 Å². The summed E-state index contributed by atoms with van der Waals surface area (Å²) in [5.74, 6) is 0.697. The first kappa shape index (κ1) is 17.9. The predicted molar refractivity (Wildman–Crippen MR) is 106 cm³/mol. The molecule has 0 saturated heterocycles. The van der Waals surface area contributed by atoms with Crippen molar-refractivity contribution in [2.45, 2.75) is 29.9 Å². The van der Waals surface area contributed by atoms with Crippen molar-refractivity contribution in [3.05, 3.63) is 76.6 Å². The summed E-state index contributed by atoms with van der Waals surface area (Å²) in [6.45, 7) is 2.36. The van der Waals surface area contributed by atoms with E-state index in [1.54, 1.807) is 0 Å². The van der Waals surface area contributed by atoms with Gasteiger partial charge < -0.3 is 10.7 Å². The van der Waals surface area contributed by atoms with Crippen LogP contribution in [-0.2, 0) is 11.3 Å². The van der Waals surface area contributed by atoms with E-state index in [0.29, 0.717) is 16.7 Å². The number of nitrogens with one attached hydrogen (secondary N) is 2. The lowest BCUT2D eigenvalue weighted by atomic mass is 10.0. The maximum Gasteiger partial charge on any atom is 0.236 e. The van der Waals surface area contributed by atoms with Crippen LogP contribution in [0.25, 0.3) is 0 Å². The molecule has 0 radical (unpaired) electrons. The number of hydrogen-bond donors (Lipinski definition) is 2. The lowest BCUT2D eigenvalue weighted by Crippen LogP contribution is -2.44. The number of rotatable bonds is 4. The molecule has 0 fully saturated rings. The van der Waals surface area contributed by atoms with Crippen molar-refractivity contribution >= 4 is 29.3 Å². The van der Waals surface area contributed by atoms with Gasteiger partial charge in [0.15, 0.2) is 0 Å². The zero-order valence-electron chi connectivity index (χ0n) is 14.6. The second kappa shape index (κ2) is 7.62. The zero-order valence-corrected chi connectivity index (χ0v) is 16.2. The monoisotopic (exact) mass is 399 g/mol. The Morgan fingerprint density at radius 3 is 2.67 bits per heavy atom. The van der Waals surface area contributed by atoms with E-state index in [1.165, 1.54) is 11.8 Å². The molecule has 3 aromatic rings. The molecule has 8 heteroatoms. The first-order valence-electron chi connectivity index (χ1n) is 8.54. The summed E-state index contributed by atoms with van der Waals surface area (Å²) < 4.78 is 1.82. The van der Waals surface area contributed by atoms with Crippen LogP contribution in [0.3, 0.4) is 0 Å². The second-order valence-electron chi connectivity index (χ2n) is 6.27. The summed E-state index contributed by atoms with van der Waals surface area (Å²) in [6.07, 6.45) is 0. The Labute approximate surface area is 166 Å². The first-order chi connectivity index (χ1) is 13.1. The Hall–Kier alpha value is -2.51. The first-order valence-corrected chi connectivity index (χ1v) is 9.80. The van der Waals surface area contributed by atoms with Gasteiger partial charge in [-0.2, -0.15) is 0 Å². The Bertz CT molecular complexity index is 944. The second-order valence-corrected chi connectivity index (χ2v) is 7.81. The number of aryl methyl sites for hydroxylation is 1. The van der Waals surface area contributed by atoms with Crippen molar-refractivity contribution in [2.24, 2.45) is 0 Å². The van der Waals surface area contributed by atoms with Crippen molar-refractivity contribution in [3.63, 3.8) is 0 Å². The molecule has 2 aromatic carbocycles. The van der Waals surface area contributed by atoms with Gasteiger partial charge >= 0.3 is 0 Å². The summed E-state index contributed by atoms with van der Waals surface area (Å²) in [4.78, 5) is 13.0. The van der Waals surface area contributed by atoms with Crippen LogP contribution < -0.4 is 10.7 Å². The van der Waals surface area contributed by atoms with Gasteiger partial charge in [0.2, 0.25) is 11.1 Å². The quantitative estimate of drug-likeness (QED) is 0.704. The fraction of sp³-hybridized carbons (Fsp3) is 0.211. The van der Waals surface area contributed by atoms with E-state index in [2.05, 4.69) is 20.9 Å². The van der Waals surface area contributed by atoms with Crippen molar-refractivity contribution in [2.75, 3.05) is 5.43 Å². The number of carbonyl (C=O) groups excluding carboxylic acids is 1. The van der Waals surface area contributed by atoms with Gasteiger partial charge in [0, 0.05) is 11.6 Å². The molecule has 2 N–H and O–H groups in total. The van der Waals surface area contributed by atoms with E-state index >= 15 is 0 Å². The smallest absolute Gasteiger partial charge is 0.236 e. The van der Waals surface area contributed by atoms with E-state index in [1.807, 2.05) is 66.2 Å². The van der Waals surface area contributed by atoms with Gasteiger partial charge in [-0.05, 0) is 30.2 Å². The number of halogens is 1. The van der Waals surface area contributed by atoms with Gasteiger partial charge in [-0.25, -0.2) is 4.68 Å². The molecule has 1 aliphatic heterocycles. The predicted octanol–water partition coefficient (Wildman–Crippen LogP) is 3.32. The van der Waals surface area contributed by atoms with Gasteiger partial charge in [0.1, 0.15) is 11.1 Å². The molecule has 6 nitrogen and oxygen atoms in total. The van der Waals surface area contributed by atoms with Crippen molar-refractivity contribution in [1.82, 2.24) is 20.2 Å². The number of carbonyl (C=O) groups is 1. The van der Waals surface area contributed by atoms with Crippen LogP contribution in [-0.4, -0.2) is 26.0 Å². The van der Waals surface area contributed by atoms with Crippen LogP contribution in [0.1, 0.15) is 23.0 Å². The number of amides is 1. The highest BCUT2D eigenvalue weighted by molar-refractivity contribution is 8.00. The fourth-order valence-corrected chi connectivity index (χ4v) is 4.24. The third-order valence-electron chi connectivity index (χ3n) is 4.40. The largest absolute Gasteiger partial charge is 0.351 e. The molecule has 1 aliphatic rings. The molecule has 0 saturated carbocycles. The van der Waals surface area contributed by atoms with Crippen LogP contribution in [0, 0.1) is 6.92 Å². The minimum atomic E-state index is -0.383. The number of fused-ring (bicyclic) bond motifs is 1. The van der Waals surface area contributed by atoms with E-state index in [0.717, 1.165) is 17.0 Å². The number of nitrogens with zero attached hydrogens (tertiary/aromatic N) is 3. The van der Waals surface area contributed by atoms with Crippen LogP contribution in [0.2, 0.25) is 5.02 Å². The number of benzene rings is 2. The molecule has 0 aliphatic carbocycles. The maximum absolute atomic E-state index is 13.0. The molecule has 0 unspecified atom stereocenters. The van der Waals surface area contributed by atoms with Gasteiger partial charge in [-0.15, -0.1) is 10.2 Å². The highest BCUT2D eigenvalue weighted by Gasteiger charge is 2.37. The molecule has 0 spiro atoms. The molecular weight excluding hydrogens is 382 g/mol. The lowest BCUT2D eigenvalue weighted by Gasteiger charge is -2.32. The van der Waals surface area contributed by atoms with Gasteiger partial charge in [-0.3, -0.25) is 4.79 Å². The van der Waals surface area contributed by atoms with Crippen LogP contribution in [0.15, 0.2) is 59.8 Å². The molecule has 0 bridgehead atoms. The van der Waals surface area contributed by atoms with E-state index in [9.17, 15) is 4.79 Å². The fourth-order valence-electron chi connectivity index (χ4n) is 2.97. The minimum absolute atomic E-state index is 0.0526. The summed E-state index contributed by atoms with van der Waals surface area (Å²) >= 11 is 7.44. The SMILES string of the molecule is Cc1nnc2n1N[C@@H](c1ccc(Cl)cc1)[C@@H](C(=O)NCc1ccccc1)S2. The maximum atomic E-state index is 13.0.